The molecule has 0 aliphatic carbocycles. The van der Waals surface area contributed by atoms with Crippen molar-refractivity contribution in [1.29, 1.82) is 0 Å². The molecule has 0 radical (unpaired) electrons. The quantitative estimate of drug-likeness (QED) is 0.630. The molecule has 0 saturated heterocycles. The fourth-order valence-corrected chi connectivity index (χ4v) is 3.41. The Morgan fingerprint density at radius 3 is 3.05 bits per heavy atom. The van der Waals surface area contributed by atoms with Crippen molar-refractivity contribution in [3.8, 4) is 0 Å². The first-order valence-corrected chi connectivity index (χ1v) is 7.74. The van der Waals surface area contributed by atoms with Crippen LogP contribution in [-0.4, -0.2) is 29.1 Å². The molecule has 0 spiro atoms. The average molecular weight is 328 g/mol. The fraction of sp³-hybridized carbons (Fsp3) is 0.154. The molecule has 1 aliphatic rings. The van der Waals surface area contributed by atoms with E-state index in [-0.39, 0.29) is 17.6 Å². The molecule has 2 rings (SSSR count). The minimum atomic E-state index is -0.349. The van der Waals surface area contributed by atoms with Gasteiger partial charge in [-0.25, -0.2) is 0 Å². The second-order valence-electron chi connectivity index (χ2n) is 3.71. The number of esters is 1. The largest absolute Gasteiger partial charge is 0.468 e. The number of methoxy groups -OCH3 is 1. The smallest absolute Gasteiger partial charge is 0.316 e. The molecule has 7 heteroatoms. The molecule has 0 saturated carbocycles. The van der Waals surface area contributed by atoms with Gasteiger partial charge in [0.05, 0.1) is 17.8 Å². The Hall–Kier alpha value is -1.24. The van der Waals surface area contributed by atoms with E-state index >= 15 is 0 Å². The highest BCUT2D eigenvalue weighted by Gasteiger charge is 2.22. The highest BCUT2D eigenvalue weighted by Crippen LogP contribution is 2.33. The third kappa shape index (κ3) is 4.13. The Labute approximate surface area is 129 Å². The van der Waals surface area contributed by atoms with Gasteiger partial charge in [0, 0.05) is 5.02 Å². The number of carbonyl (C=O) groups is 2. The first-order valence-electron chi connectivity index (χ1n) is 5.56. The van der Waals surface area contributed by atoms with Crippen molar-refractivity contribution >= 4 is 57.5 Å². The van der Waals surface area contributed by atoms with Crippen LogP contribution in [0, 0.1) is 0 Å². The number of carbonyl (C=O) groups excluding carboxylic acids is 2. The Kier molecular flexibility index (Phi) is 5.28. The van der Waals surface area contributed by atoms with Crippen LogP contribution in [-0.2, 0) is 14.3 Å². The van der Waals surface area contributed by atoms with E-state index in [1.54, 1.807) is 18.2 Å². The number of nitrogens with zero attached hydrogens (tertiary/aromatic N) is 1. The zero-order chi connectivity index (χ0) is 14.5. The summed E-state index contributed by atoms with van der Waals surface area (Å²) in [5, 5.41) is 0.607. The molecular formula is C13H10ClNO3S2. The molecule has 0 N–H and O–H groups in total. The van der Waals surface area contributed by atoms with Crippen molar-refractivity contribution in [2.24, 2.45) is 4.99 Å². The van der Waals surface area contributed by atoms with E-state index in [1.807, 2.05) is 12.1 Å². The standard InChI is InChI=1S/C13H10ClNO3S2/c1-18-11(16)7-19-13-15-12(17)10(20-13)6-8-3-2-4-9(14)5-8/h2-6H,7H2,1H3/b10-6-. The summed E-state index contributed by atoms with van der Waals surface area (Å²) in [5.41, 5.74) is 0.836. The van der Waals surface area contributed by atoms with Crippen LogP contribution in [0.3, 0.4) is 0 Å². The van der Waals surface area contributed by atoms with Gasteiger partial charge in [-0.3, -0.25) is 9.59 Å². The van der Waals surface area contributed by atoms with Crippen LogP contribution in [0.1, 0.15) is 5.56 Å². The molecule has 1 aliphatic heterocycles. The van der Waals surface area contributed by atoms with E-state index in [0.717, 1.165) is 5.56 Å². The first-order chi connectivity index (χ1) is 9.58. The van der Waals surface area contributed by atoms with E-state index in [2.05, 4.69) is 9.73 Å². The van der Waals surface area contributed by atoms with Gasteiger partial charge in [0.2, 0.25) is 0 Å². The monoisotopic (exact) mass is 327 g/mol. The number of rotatable bonds is 3. The first kappa shape index (κ1) is 15.2. The Bertz CT molecular complexity index is 613. The van der Waals surface area contributed by atoms with Gasteiger partial charge in [-0.05, 0) is 23.8 Å². The van der Waals surface area contributed by atoms with Gasteiger partial charge in [-0.1, -0.05) is 47.3 Å². The fourth-order valence-electron chi connectivity index (χ4n) is 1.38. The summed E-state index contributed by atoms with van der Waals surface area (Å²) < 4.78 is 5.08. The SMILES string of the molecule is COC(=O)CSC1=NC(=O)/C(=C/c2cccc(Cl)c2)S1. The maximum Gasteiger partial charge on any atom is 0.316 e. The highest BCUT2D eigenvalue weighted by molar-refractivity contribution is 8.41. The van der Waals surface area contributed by atoms with Gasteiger partial charge >= 0.3 is 5.97 Å². The molecule has 104 valence electrons. The summed E-state index contributed by atoms with van der Waals surface area (Å²) in [4.78, 5) is 27.2. The van der Waals surface area contributed by atoms with Crippen molar-refractivity contribution in [3.63, 3.8) is 0 Å². The Morgan fingerprint density at radius 1 is 1.55 bits per heavy atom. The molecule has 1 aromatic rings. The summed E-state index contributed by atoms with van der Waals surface area (Å²) in [6.45, 7) is 0. The molecule has 1 amide bonds. The molecule has 0 fully saturated rings. The van der Waals surface area contributed by atoms with Gasteiger partial charge in [-0.2, -0.15) is 4.99 Å². The van der Waals surface area contributed by atoms with Gasteiger partial charge in [0.1, 0.15) is 4.38 Å². The highest BCUT2D eigenvalue weighted by atomic mass is 35.5. The van der Waals surface area contributed by atoms with Crippen molar-refractivity contribution in [1.82, 2.24) is 0 Å². The maximum absolute atomic E-state index is 11.7. The number of hydrogen-bond donors (Lipinski definition) is 0. The lowest BCUT2D eigenvalue weighted by Gasteiger charge is -1.98. The van der Waals surface area contributed by atoms with E-state index in [1.165, 1.54) is 30.6 Å². The van der Waals surface area contributed by atoms with Crippen LogP contribution in [0.2, 0.25) is 5.02 Å². The normalized spacial score (nSPS) is 16.4. The molecule has 0 aromatic heterocycles. The number of amides is 1. The number of thioether (sulfide) groups is 2. The third-order valence-electron chi connectivity index (χ3n) is 2.29. The maximum atomic E-state index is 11.7. The minimum Gasteiger partial charge on any atom is -0.468 e. The van der Waals surface area contributed by atoms with Crippen LogP contribution >= 0.6 is 35.1 Å². The molecule has 1 heterocycles. The predicted octanol–water partition coefficient (Wildman–Crippen LogP) is 3.22. The van der Waals surface area contributed by atoms with Crippen molar-refractivity contribution < 1.29 is 14.3 Å². The minimum absolute atomic E-state index is 0.139. The lowest BCUT2D eigenvalue weighted by molar-refractivity contribution is -0.137. The topological polar surface area (TPSA) is 55.7 Å². The van der Waals surface area contributed by atoms with E-state index < -0.39 is 0 Å². The van der Waals surface area contributed by atoms with Crippen LogP contribution in [0.4, 0.5) is 0 Å². The van der Waals surface area contributed by atoms with Gasteiger partial charge in [0.15, 0.2) is 0 Å². The van der Waals surface area contributed by atoms with E-state index in [0.29, 0.717) is 14.3 Å². The zero-order valence-electron chi connectivity index (χ0n) is 10.5. The van der Waals surface area contributed by atoms with E-state index in [4.69, 9.17) is 11.6 Å². The van der Waals surface area contributed by atoms with Crippen LogP contribution < -0.4 is 0 Å². The summed E-state index contributed by atoms with van der Waals surface area (Å²) >= 11 is 8.32. The summed E-state index contributed by atoms with van der Waals surface area (Å²) in [5.74, 6) is -0.513. The summed E-state index contributed by atoms with van der Waals surface area (Å²) in [6, 6.07) is 7.20. The molecule has 0 atom stereocenters. The number of ether oxygens (including phenoxy) is 1. The van der Waals surface area contributed by atoms with Gasteiger partial charge < -0.3 is 4.74 Å². The molecule has 0 unspecified atom stereocenters. The average Bonchev–Trinajstić information content (AvgIpc) is 2.76. The second kappa shape index (κ2) is 6.97. The number of aliphatic imine (C=N–C) groups is 1. The van der Waals surface area contributed by atoms with Crippen LogP contribution in [0.25, 0.3) is 6.08 Å². The van der Waals surface area contributed by atoms with Crippen molar-refractivity contribution in [2.45, 2.75) is 0 Å². The molecule has 4 nitrogen and oxygen atoms in total. The zero-order valence-corrected chi connectivity index (χ0v) is 12.8. The van der Waals surface area contributed by atoms with Gasteiger partial charge in [0.25, 0.3) is 5.91 Å². The van der Waals surface area contributed by atoms with Crippen LogP contribution in [0.5, 0.6) is 0 Å². The number of benzene rings is 1. The Morgan fingerprint density at radius 2 is 2.35 bits per heavy atom. The Balaban J connectivity index is 2.03. The third-order valence-corrected chi connectivity index (χ3v) is 4.62. The summed E-state index contributed by atoms with van der Waals surface area (Å²) in [7, 11) is 1.32. The lowest BCUT2D eigenvalue weighted by atomic mass is 10.2. The molecular weight excluding hydrogens is 318 g/mol. The molecule has 20 heavy (non-hydrogen) atoms. The van der Waals surface area contributed by atoms with Gasteiger partial charge in [-0.15, -0.1) is 0 Å². The molecule has 0 bridgehead atoms. The van der Waals surface area contributed by atoms with E-state index in [9.17, 15) is 9.59 Å². The van der Waals surface area contributed by atoms with Crippen LogP contribution in [0.15, 0.2) is 34.2 Å². The number of halogens is 1. The molecule has 1 aromatic carbocycles. The predicted molar refractivity (Wildman–Crippen MR) is 83.9 cm³/mol. The second-order valence-corrected chi connectivity index (χ2v) is 6.40. The van der Waals surface area contributed by atoms with Crippen molar-refractivity contribution in [2.75, 3.05) is 12.9 Å². The van der Waals surface area contributed by atoms with Crippen molar-refractivity contribution in [3.05, 3.63) is 39.8 Å². The number of hydrogen-bond acceptors (Lipinski definition) is 5. The summed E-state index contributed by atoms with van der Waals surface area (Å²) in [6.07, 6.45) is 1.73. The lowest BCUT2D eigenvalue weighted by Crippen LogP contribution is -2.04.